The van der Waals surface area contributed by atoms with Gasteiger partial charge < -0.3 is 10.4 Å². The first-order valence-corrected chi connectivity index (χ1v) is 7.11. The Bertz CT molecular complexity index is 586. The van der Waals surface area contributed by atoms with Gasteiger partial charge in [0, 0.05) is 6.54 Å². The summed E-state index contributed by atoms with van der Waals surface area (Å²) in [6.07, 6.45) is 1.62. The molecule has 21 heavy (non-hydrogen) atoms. The summed E-state index contributed by atoms with van der Waals surface area (Å²) in [6, 6.07) is 9.16. The maximum Gasteiger partial charge on any atom is 0.294 e. The van der Waals surface area contributed by atoms with Crippen molar-refractivity contribution in [2.75, 3.05) is 19.7 Å². The second-order valence-corrected chi connectivity index (χ2v) is 5.25. The van der Waals surface area contributed by atoms with Gasteiger partial charge >= 0.3 is 0 Å². The van der Waals surface area contributed by atoms with Gasteiger partial charge in [0.2, 0.25) is 5.91 Å². The molecule has 1 heterocycles. The standard InChI is InChI=1S/C14H14N2O4S/c17-7-6-15-12(18)9-16-13(19)11(21-14(16)20)8-10-4-2-1-3-5-10/h1-5,8,17H,6-7,9H2,(H,15,18). The molecule has 3 amide bonds. The third kappa shape index (κ3) is 3.93. The molecule has 7 heteroatoms. The predicted molar refractivity (Wildman–Crippen MR) is 79.2 cm³/mol. The number of rotatable bonds is 5. The number of amides is 3. The van der Waals surface area contributed by atoms with E-state index in [1.165, 1.54) is 0 Å². The molecular weight excluding hydrogens is 292 g/mol. The van der Waals surface area contributed by atoms with E-state index in [1.54, 1.807) is 6.08 Å². The Morgan fingerprint density at radius 2 is 2.00 bits per heavy atom. The van der Waals surface area contributed by atoms with Crippen molar-refractivity contribution in [1.82, 2.24) is 10.2 Å². The molecule has 1 fully saturated rings. The molecule has 0 aliphatic carbocycles. The van der Waals surface area contributed by atoms with Crippen molar-refractivity contribution < 1.29 is 19.5 Å². The highest BCUT2D eigenvalue weighted by molar-refractivity contribution is 8.18. The van der Waals surface area contributed by atoms with Gasteiger partial charge in [-0.15, -0.1) is 0 Å². The molecule has 2 N–H and O–H groups in total. The van der Waals surface area contributed by atoms with Crippen LogP contribution in [0.1, 0.15) is 5.56 Å². The molecular formula is C14H14N2O4S. The smallest absolute Gasteiger partial charge is 0.294 e. The van der Waals surface area contributed by atoms with Crippen molar-refractivity contribution >= 4 is 34.9 Å². The number of nitrogens with one attached hydrogen (secondary N) is 1. The molecule has 1 aromatic rings. The topological polar surface area (TPSA) is 86.7 Å². The first-order valence-electron chi connectivity index (χ1n) is 6.30. The quantitative estimate of drug-likeness (QED) is 0.787. The highest BCUT2D eigenvalue weighted by atomic mass is 32.2. The summed E-state index contributed by atoms with van der Waals surface area (Å²) in [5.41, 5.74) is 0.813. The fourth-order valence-electron chi connectivity index (χ4n) is 1.73. The molecule has 110 valence electrons. The van der Waals surface area contributed by atoms with E-state index in [1.807, 2.05) is 30.3 Å². The van der Waals surface area contributed by atoms with Crippen LogP contribution in [-0.4, -0.2) is 46.8 Å². The van der Waals surface area contributed by atoms with Crippen molar-refractivity contribution in [3.05, 3.63) is 40.8 Å². The zero-order chi connectivity index (χ0) is 15.2. The largest absolute Gasteiger partial charge is 0.395 e. The van der Waals surface area contributed by atoms with Crippen LogP contribution in [0.25, 0.3) is 6.08 Å². The average molecular weight is 306 g/mol. The number of hydrogen-bond acceptors (Lipinski definition) is 5. The van der Waals surface area contributed by atoms with E-state index < -0.39 is 17.1 Å². The molecule has 1 aromatic carbocycles. The molecule has 1 aliphatic rings. The van der Waals surface area contributed by atoms with Crippen LogP contribution in [-0.2, 0) is 9.59 Å². The van der Waals surface area contributed by atoms with E-state index in [0.29, 0.717) is 4.91 Å². The Labute approximate surface area is 125 Å². The summed E-state index contributed by atoms with van der Waals surface area (Å²) in [7, 11) is 0. The third-order valence-electron chi connectivity index (χ3n) is 2.71. The lowest BCUT2D eigenvalue weighted by atomic mass is 10.2. The van der Waals surface area contributed by atoms with Gasteiger partial charge in [0.1, 0.15) is 6.54 Å². The number of thioether (sulfide) groups is 1. The van der Waals surface area contributed by atoms with Gasteiger partial charge in [0.05, 0.1) is 11.5 Å². The van der Waals surface area contributed by atoms with Crippen LogP contribution in [0, 0.1) is 0 Å². The minimum absolute atomic E-state index is 0.0922. The van der Waals surface area contributed by atoms with Gasteiger partial charge in [-0.1, -0.05) is 30.3 Å². The van der Waals surface area contributed by atoms with Crippen molar-refractivity contribution in [3.63, 3.8) is 0 Å². The number of aliphatic hydroxyl groups excluding tert-OH is 1. The molecule has 6 nitrogen and oxygen atoms in total. The van der Waals surface area contributed by atoms with Crippen LogP contribution in [0.5, 0.6) is 0 Å². The van der Waals surface area contributed by atoms with Gasteiger partial charge in [0.25, 0.3) is 11.1 Å². The number of nitrogens with zero attached hydrogens (tertiary/aromatic N) is 1. The number of hydrogen-bond donors (Lipinski definition) is 2. The summed E-state index contributed by atoms with van der Waals surface area (Å²) in [4.78, 5) is 36.6. The molecule has 0 unspecified atom stereocenters. The predicted octanol–water partition coefficient (Wildman–Crippen LogP) is 0.831. The molecule has 1 saturated heterocycles. The van der Waals surface area contributed by atoms with E-state index >= 15 is 0 Å². The third-order valence-corrected chi connectivity index (χ3v) is 3.61. The Morgan fingerprint density at radius 3 is 2.67 bits per heavy atom. The van der Waals surface area contributed by atoms with Gasteiger partial charge in [-0.3, -0.25) is 19.3 Å². The fraction of sp³-hybridized carbons (Fsp3) is 0.214. The van der Waals surface area contributed by atoms with E-state index in [0.717, 1.165) is 22.2 Å². The van der Waals surface area contributed by atoms with Crippen molar-refractivity contribution in [2.24, 2.45) is 0 Å². The average Bonchev–Trinajstić information content (AvgIpc) is 2.74. The van der Waals surface area contributed by atoms with E-state index in [-0.39, 0.29) is 19.7 Å². The lowest BCUT2D eigenvalue weighted by Gasteiger charge is -2.11. The maximum absolute atomic E-state index is 12.1. The number of imide groups is 1. The lowest BCUT2D eigenvalue weighted by molar-refractivity contribution is -0.129. The molecule has 0 bridgehead atoms. The maximum atomic E-state index is 12.1. The van der Waals surface area contributed by atoms with Crippen LogP contribution in [0.4, 0.5) is 4.79 Å². The van der Waals surface area contributed by atoms with Crippen molar-refractivity contribution in [2.45, 2.75) is 0 Å². The summed E-state index contributed by atoms with van der Waals surface area (Å²) < 4.78 is 0. The lowest BCUT2D eigenvalue weighted by Crippen LogP contribution is -2.40. The van der Waals surface area contributed by atoms with Crippen LogP contribution in [0.2, 0.25) is 0 Å². The number of benzene rings is 1. The molecule has 0 spiro atoms. The molecule has 1 aliphatic heterocycles. The van der Waals surface area contributed by atoms with Gasteiger partial charge in [-0.05, 0) is 23.4 Å². The SMILES string of the molecule is O=C(CN1C(=O)SC(=Cc2ccccc2)C1=O)NCCO. The van der Waals surface area contributed by atoms with E-state index in [4.69, 9.17) is 5.11 Å². The Balaban J connectivity index is 2.06. The number of carbonyl (C=O) groups is 3. The monoisotopic (exact) mass is 306 g/mol. The zero-order valence-electron chi connectivity index (χ0n) is 11.1. The first kappa shape index (κ1) is 15.3. The summed E-state index contributed by atoms with van der Waals surface area (Å²) in [6.45, 7) is -0.437. The molecule has 2 rings (SSSR count). The minimum Gasteiger partial charge on any atom is -0.395 e. The first-order chi connectivity index (χ1) is 10.1. The molecule has 0 saturated carbocycles. The Hall–Kier alpha value is -2.12. The normalized spacial score (nSPS) is 16.6. The number of carbonyl (C=O) groups excluding carboxylic acids is 3. The van der Waals surface area contributed by atoms with Gasteiger partial charge in [0.15, 0.2) is 0 Å². The van der Waals surface area contributed by atoms with Crippen LogP contribution >= 0.6 is 11.8 Å². The van der Waals surface area contributed by atoms with Gasteiger partial charge in [-0.25, -0.2) is 0 Å². The van der Waals surface area contributed by atoms with E-state index in [9.17, 15) is 14.4 Å². The second-order valence-electron chi connectivity index (χ2n) is 4.25. The van der Waals surface area contributed by atoms with Crippen LogP contribution < -0.4 is 5.32 Å². The second kappa shape index (κ2) is 7.05. The zero-order valence-corrected chi connectivity index (χ0v) is 11.9. The van der Waals surface area contributed by atoms with Crippen molar-refractivity contribution in [3.8, 4) is 0 Å². The molecule has 0 aromatic heterocycles. The highest BCUT2D eigenvalue weighted by Crippen LogP contribution is 2.31. The number of aliphatic hydroxyl groups is 1. The fourth-order valence-corrected chi connectivity index (χ4v) is 2.57. The summed E-state index contributed by atoms with van der Waals surface area (Å²) >= 11 is 0.812. The van der Waals surface area contributed by atoms with Gasteiger partial charge in [-0.2, -0.15) is 0 Å². The summed E-state index contributed by atoms with van der Waals surface area (Å²) in [5, 5.41) is 10.5. The molecule has 0 atom stereocenters. The Kier molecular flexibility index (Phi) is 5.13. The van der Waals surface area contributed by atoms with Crippen LogP contribution in [0.3, 0.4) is 0 Å². The molecule has 0 radical (unpaired) electrons. The van der Waals surface area contributed by atoms with Crippen molar-refractivity contribution in [1.29, 1.82) is 0 Å². The summed E-state index contributed by atoms with van der Waals surface area (Å²) in [5.74, 6) is -0.958. The van der Waals surface area contributed by atoms with Crippen LogP contribution in [0.15, 0.2) is 35.2 Å². The minimum atomic E-state index is -0.479. The highest BCUT2D eigenvalue weighted by Gasteiger charge is 2.36. The Morgan fingerprint density at radius 1 is 1.29 bits per heavy atom. The van der Waals surface area contributed by atoms with E-state index in [2.05, 4.69) is 5.32 Å².